The number of nitrogens with zero attached hydrogens (tertiary/aromatic N) is 1. The lowest BCUT2D eigenvalue weighted by atomic mass is 10.3. The molecule has 0 fully saturated rings. The normalized spacial score (nSPS) is 11.7. The van der Waals surface area contributed by atoms with E-state index in [-0.39, 0.29) is 26.3 Å². The molecule has 162 valence electrons. The number of nitro groups is 1. The van der Waals surface area contributed by atoms with E-state index >= 15 is 0 Å². The van der Waals surface area contributed by atoms with Crippen molar-refractivity contribution in [2.75, 3.05) is 9.44 Å². The summed E-state index contributed by atoms with van der Waals surface area (Å²) in [4.78, 5) is 9.62. The molecule has 13 heteroatoms. The van der Waals surface area contributed by atoms with E-state index in [9.17, 15) is 26.9 Å². The minimum Gasteiger partial charge on any atom is -0.280 e. The van der Waals surface area contributed by atoms with Crippen LogP contribution in [0.25, 0.3) is 0 Å². The molecule has 0 aliphatic rings. The Balaban J connectivity index is 1.83. The van der Waals surface area contributed by atoms with Crippen LogP contribution in [0.3, 0.4) is 0 Å². The van der Waals surface area contributed by atoms with Crippen LogP contribution >= 0.6 is 23.2 Å². The summed E-state index contributed by atoms with van der Waals surface area (Å²) in [5.41, 5.74) is -0.373. The summed E-state index contributed by atoms with van der Waals surface area (Å²) in [6, 6.07) is 13.9. The second kappa shape index (κ2) is 8.71. The highest BCUT2D eigenvalue weighted by Gasteiger charge is 2.25. The number of rotatable bonds is 7. The van der Waals surface area contributed by atoms with E-state index in [1.807, 2.05) is 0 Å². The van der Waals surface area contributed by atoms with Crippen molar-refractivity contribution >= 4 is 60.3 Å². The Bertz CT molecular complexity index is 1360. The van der Waals surface area contributed by atoms with Crippen LogP contribution in [0, 0.1) is 10.1 Å². The van der Waals surface area contributed by atoms with Crippen LogP contribution in [0.5, 0.6) is 0 Å². The highest BCUT2D eigenvalue weighted by Crippen LogP contribution is 2.28. The van der Waals surface area contributed by atoms with E-state index < -0.39 is 35.6 Å². The van der Waals surface area contributed by atoms with E-state index in [0.717, 1.165) is 12.1 Å². The lowest BCUT2D eigenvalue weighted by Gasteiger charge is -2.11. The SMILES string of the molecule is O=[N+]([O-])c1ccccc1S(=O)(=O)Nc1ccc(S(=O)(=O)Nc2ccc(Cl)c(Cl)c2)cc1. The zero-order valence-corrected chi connectivity index (χ0v) is 18.5. The third-order valence-corrected chi connectivity index (χ3v) is 7.51. The Morgan fingerprint density at radius 2 is 1.32 bits per heavy atom. The monoisotopic (exact) mass is 501 g/mol. The minimum absolute atomic E-state index is 0.0200. The molecule has 0 aromatic heterocycles. The molecule has 0 radical (unpaired) electrons. The molecule has 3 aromatic carbocycles. The number of para-hydroxylation sites is 1. The first-order valence-electron chi connectivity index (χ1n) is 8.34. The number of hydrogen-bond donors (Lipinski definition) is 2. The van der Waals surface area contributed by atoms with Gasteiger partial charge in [0.15, 0.2) is 4.90 Å². The summed E-state index contributed by atoms with van der Waals surface area (Å²) in [6.07, 6.45) is 0. The molecule has 0 unspecified atom stereocenters. The molecule has 0 atom stereocenters. The van der Waals surface area contributed by atoms with E-state index in [1.165, 1.54) is 54.6 Å². The number of halogens is 2. The molecule has 31 heavy (non-hydrogen) atoms. The molecule has 3 rings (SSSR count). The van der Waals surface area contributed by atoms with Gasteiger partial charge in [-0.15, -0.1) is 0 Å². The van der Waals surface area contributed by atoms with Crippen LogP contribution in [0.15, 0.2) is 76.5 Å². The van der Waals surface area contributed by atoms with Crippen molar-refractivity contribution in [3.05, 3.63) is 86.9 Å². The maximum atomic E-state index is 12.5. The van der Waals surface area contributed by atoms with Gasteiger partial charge in [-0.05, 0) is 48.5 Å². The van der Waals surface area contributed by atoms with Crippen molar-refractivity contribution < 1.29 is 21.8 Å². The van der Waals surface area contributed by atoms with Gasteiger partial charge in [0.1, 0.15) is 0 Å². The highest BCUT2D eigenvalue weighted by atomic mass is 35.5. The average Bonchev–Trinajstić information content (AvgIpc) is 2.70. The standard InChI is InChI=1S/C18H13Cl2N3O6S2/c19-15-10-7-13(11-16(15)20)22-30(26,27)14-8-5-12(6-9-14)21-31(28,29)18-4-2-1-3-17(18)23(24)25/h1-11,21-22H. The van der Waals surface area contributed by atoms with Gasteiger partial charge in [0.2, 0.25) is 0 Å². The zero-order valence-electron chi connectivity index (χ0n) is 15.3. The lowest BCUT2D eigenvalue weighted by molar-refractivity contribution is -0.387. The van der Waals surface area contributed by atoms with Gasteiger partial charge < -0.3 is 0 Å². The average molecular weight is 502 g/mol. The fourth-order valence-electron chi connectivity index (χ4n) is 2.52. The molecule has 0 aliphatic heterocycles. The van der Waals surface area contributed by atoms with Crippen molar-refractivity contribution in [3.8, 4) is 0 Å². The Morgan fingerprint density at radius 3 is 1.94 bits per heavy atom. The van der Waals surface area contributed by atoms with E-state index in [2.05, 4.69) is 9.44 Å². The van der Waals surface area contributed by atoms with Crippen LogP contribution in [0.1, 0.15) is 0 Å². The minimum atomic E-state index is -4.28. The van der Waals surface area contributed by atoms with Crippen LogP contribution in [0.4, 0.5) is 17.1 Å². The van der Waals surface area contributed by atoms with E-state index in [4.69, 9.17) is 23.2 Å². The van der Waals surface area contributed by atoms with Gasteiger partial charge in [0.25, 0.3) is 25.7 Å². The fourth-order valence-corrected chi connectivity index (χ4v) is 5.10. The molecule has 0 amide bonds. The van der Waals surface area contributed by atoms with Crippen LogP contribution in [-0.2, 0) is 20.0 Å². The molecule has 2 N–H and O–H groups in total. The Hall–Kier alpha value is -2.86. The van der Waals surface area contributed by atoms with Gasteiger partial charge in [0.05, 0.1) is 25.6 Å². The van der Waals surface area contributed by atoms with Gasteiger partial charge in [-0.3, -0.25) is 19.6 Å². The molecule has 3 aromatic rings. The van der Waals surface area contributed by atoms with Crippen LogP contribution in [0.2, 0.25) is 10.0 Å². The second-order valence-corrected chi connectivity index (χ2v) is 10.2. The summed E-state index contributed by atoms with van der Waals surface area (Å²) >= 11 is 11.7. The van der Waals surface area contributed by atoms with Crippen molar-refractivity contribution in [2.24, 2.45) is 0 Å². The maximum Gasteiger partial charge on any atom is 0.289 e. The first-order chi connectivity index (χ1) is 14.5. The molecule has 9 nitrogen and oxygen atoms in total. The summed E-state index contributed by atoms with van der Waals surface area (Å²) in [5.74, 6) is 0. The Kier molecular flexibility index (Phi) is 6.41. The highest BCUT2D eigenvalue weighted by molar-refractivity contribution is 7.93. The number of anilines is 2. The molecular formula is C18H13Cl2N3O6S2. The van der Waals surface area contributed by atoms with Crippen molar-refractivity contribution in [2.45, 2.75) is 9.79 Å². The van der Waals surface area contributed by atoms with Crippen LogP contribution in [-0.4, -0.2) is 21.8 Å². The quantitative estimate of drug-likeness (QED) is 0.361. The predicted molar refractivity (Wildman–Crippen MR) is 118 cm³/mol. The zero-order chi connectivity index (χ0) is 22.8. The molecule has 0 aliphatic carbocycles. The Labute approximate surface area is 187 Å². The number of nitrogens with one attached hydrogen (secondary N) is 2. The van der Waals surface area contributed by atoms with Gasteiger partial charge in [-0.1, -0.05) is 35.3 Å². The molecule has 0 spiro atoms. The molecule has 0 bridgehead atoms. The summed E-state index contributed by atoms with van der Waals surface area (Å²) in [5, 5.41) is 11.5. The summed E-state index contributed by atoms with van der Waals surface area (Å²) in [7, 11) is -8.27. The van der Waals surface area contributed by atoms with Crippen molar-refractivity contribution in [3.63, 3.8) is 0 Å². The first-order valence-corrected chi connectivity index (χ1v) is 12.1. The number of benzene rings is 3. The largest absolute Gasteiger partial charge is 0.289 e. The summed E-state index contributed by atoms with van der Waals surface area (Å²) < 4.78 is 54.7. The number of hydrogen-bond acceptors (Lipinski definition) is 6. The van der Waals surface area contributed by atoms with Gasteiger partial charge in [0, 0.05) is 11.8 Å². The molecular weight excluding hydrogens is 489 g/mol. The second-order valence-electron chi connectivity index (χ2n) is 6.09. The van der Waals surface area contributed by atoms with Crippen molar-refractivity contribution in [1.29, 1.82) is 0 Å². The van der Waals surface area contributed by atoms with Crippen molar-refractivity contribution in [1.82, 2.24) is 0 Å². The van der Waals surface area contributed by atoms with E-state index in [0.29, 0.717) is 0 Å². The Morgan fingerprint density at radius 1 is 0.742 bits per heavy atom. The number of nitro benzene ring substituents is 1. The lowest BCUT2D eigenvalue weighted by Crippen LogP contribution is -2.15. The number of sulfonamides is 2. The maximum absolute atomic E-state index is 12.5. The van der Waals surface area contributed by atoms with Crippen LogP contribution < -0.4 is 9.44 Å². The van der Waals surface area contributed by atoms with Gasteiger partial charge >= 0.3 is 0 Å². The van der Waals surface area contributed by atoms with Gasteiger partial charge in [-0.2, -0.15) is 0 Å². The fraction of sp³-hybridized carbons (Fsp3) is 0. The predicted octanol–water partition coefficient (Wildman–Crippen LogP) is 4.50. The topological polar surface area (TPSA) is 135 Å². The van der Waals surface area contributed by atoms with E-state index in [1.54, 1.807) is 0 Å². The first kappa shape index (κ1) is 22.8. The molecule has 0 saturated heterocycles. The summed E-state index contributed by atoms with van der Waals surface area (Å²) in [6.45, 7) is 0. The molecule has 0 heterocycles. The smallest absolute Gasteiger partial charge is 0.280 e. The third-order valence-electron chi connectivity index (χ3n) is 3.94. The molecule has 0 saturated carbocycles. The van der Waals surface area contributed by atoms with Gasteiger partial charge in [-0.25, -0.2) is 16.8 Å². The third kappa shape index (κ3) is 5.25.